The molecule has 0 aliphatic rings. The highest BCUT2D eigenvalue weighted by Crippen LogP contribution is 2.29. The van der Waals surface area contributed by atoms with Gasteiger partial charge in [0.1, 0.15) is 17.2 Å². The molecule has 0 radical (unpaired) electrons. The lowest BCUT2D eigenvalue weighted by atomic mass is 10.1. The second-order valence-electron chi connectivity index (χ2n) is 6.34. The van der Waals surface area contributed by atoms with Crippen molar-refractivity contribution in [1.82, 2.24) is 9.78 Å². The summed E-state index contributed by atoms with van der Waals surface area (Å²) in [5.74, 6) is 0.623. The average molecular weight is 358 g/mol. The van der Waals surface area contributed by atoms with E-state index < -0.39 is 0 Å². The van der Waals surface area contributed by atoms with Crippen LogP contribution in [0.25, 0.3) is 22.5 Å². The van der Waals surface area contributed by atoms with Crippen molar-refractivity contribution in [1.29, 1.82) is 0 Å². The van der Waals surface area contributed by atoms with Crippen LogP contribution in [0.3, 0.4) is 0 Å². The van der Waals surface area contributed by atoms with E-state index in [9.17, 15) is 15.3 Å². The van der Waals surface area contributed by atoms with Gasteiger partial charge in [0.25, 0.3) is 0 Å². The first-order chi connectivity index (χ1) is 13.1. The molecule has 0 atom stereocenters. The number of phenolic OH excluding ortho intramolecular Hbond substituents is 3. The van der Waals surface area contributed by atoms with E-state index in [0.717, 1.165) is 28.1 Å². The summed E-state index contributed by atoms with van der Waals surface area (Å²) in [7, 11) is 0. The van der Waals surface area contributed by atoms with Crippen molar-refractivity contribution in [2.24, 2.45) is 0 Å². The fraction of sp³-hybridized carbons (Fsp3) is 0.0455. The molecule has 0 aliphatic heterocycles. The molecule has 134 valence electrons. The number of aromatic nitrogens is 2. The van der Waals surface area contributed by atoms with Crippen LogP contribution in [0.15, 0.2) is 78.9 Å². The van der Waals surface area contributed by atoms with Crippen molar-refractivity contribution in [3.8, 4) is 39.8 Å². The maximum atomic E-state index is 9.74. The van der Waals surface area contributed by atoms with Crippen LogP contribution in [0.1, 0.15) is 5.56 Å². The highest BCUT2D eigenvalue weighted by atomic mass is 16.3. The van der Waals surface area contributed by atoms with Crippen molar-refractivity contribution in [2.75, 3.05) is 0 Å². The molecular formula is C22H18N2O3. The zero-order chi connectivity index (χ0) is 18.8. The van der Waals surface area contributed by atoms with Crippen molar-refractivity contribution in [3.05, 3.63) is 84.4 Å². The molecule has 0 unspecified atom stereocenters. The van der Waals surface area contributed by atoms with E-state index in [2.05, 4.69) is 0 Å². The van der Waals surface area contributed by atoms with Crippen LogP contribution >= 0.6 is 0 Å². The third-order valence-electron chi connectivity index (χ3n) is 4.35. The monoisotopic (exact) mass is 358 g/mol. The Morgan fingerprint density at radius 1 is 0.667 bits per heavy atom. The molecule has 3 N–H and O–H groups in total. The second-order valence-corrected chi connectivity index (χ2v) is 6.34. The molecule has 4 rings (SSSR count). The van der Waals surface area contributed by atoms with Crippen molar-refractivity contribution in [2.45, 2.75) is 6.54 Å². The lowest BCUT2D eigenvalue weighted by Crippen LogP contribution is -2.03. The summed E-state index contributed by atoms with van der Waals surface area (Å²) in [6.45, 7) is 0.489. The summed E-state index contributed by atoms with van der Waals surface area (Å²) in [5, 5.41) is 33.5. The van der Waals surface area contributed by atoms with Crippen LogP contribution in [-0.4, -0.2) is 25.1 Å². The van der Waals surface area contributed by atoms with E-state index in [0.29, 0.717) is 6.54 Å². The molecule has 1 heterocycles. The average Bonchev–Trinajstić information content (AvgIpc) is 3.07. The zero-order valence-electron chi connectivity index (χ0n) is 14.4. The van der Waals surface area contributed by atoms with Crippen LogP contribution in [-0.2, 0) is 6.54 Å². The van der Waals surface area contributed by atoms with Gasteiger partial charge in [-0.2, -0.15) is 5.10 Å². The van der Waals surface area contributed by atoms with E-state index in [4.69, 9.17) is 5.10 Å². The molecule has 27 heavy (non-hydrogen) atoms. The number of phenols is 3. The van der Waals surface area contributed by atoms with Crippen molar-refractivity contribution < 1.29 is 15.3 Å². The summed E-state index contributed by atoms with van der Waals surface area (Å²) < 4.78 is 1.86. The third-order valence-corrected chi connectivity index (χ3v) is 4.35. The van der Waals surface area contributed by atoms with E-state index in [-0.39, 0.29) is 17.2 Å². The molecule has 3 aromatic carbocycles. The highest BCUT2D eigenvalue weighted by molar-refractivity contribution is 5.69. The maximum Gasteiger partial charge on any atom is 0.115 e. The third kappa shape index (κ3) is 3.62. The molecule has 5 heteroatoms. The van der Waals surface area contributed by atoms with Gasteiger partial charge in [-0.3, -0.25) is 4.68 Å². The fourth-order valence-electron chi connectivity index (χ4n) is 3.00. The molecule has 0 spiro atoms. The predicted octanol–water partition coefficient (Wildman–Crippen LogP) is 4.38. The first kappa shape index (κ1) is 16.7. The minimum Gasteiger partial charge on any atom is -0.508 e. The van der Waals surface area contributed by atoms with E-state index in [1.54, 1.807) is 42.5 Å². The number of benzene rings is 3. The van der Waals surface area contributed by atoms with E-state index in [1.165, 1.54) is 0 Å². The SMILES string of the molecule is Oc1ccc(-c2cc(-c3ccc(O)cc3)n(Cc3cccc(O)c3)n2)cc1. The lowest BCUT2D eigenvalue weighted by molar-refractivity contribution is 0.473. The van der Waals surface area contributed by atoms with E-state index >= 15 is 0 Å². The Bertz CT molecular complexity index is 1070. The molecule has 4 aromatic rings. The molecular weight excluding hydrogens is 340 g/mol. The zero-order valence-corrected chi connectivity index (χ0v) is 14.4. The number of aromatic hydroxyl groups is 3. The van der Waals surface area contributed by atoms with Gasteiger partial charge in [0, 0.05) is 11.1 Å². The standard InChI is InChI=1S/C22H18N2O3/c25-18-8-4-16(5-9-18)21-13-22(17-6-10-19(26)11-7-17)24(23-21)14-15-2-1-3-20(27)12-15/h1-13,25-27H,14H2. The van der Waals surface area contributed by atoms with Gasteiger partial charge in [0.2, 0.25) is 0 Å². The van der Waals surface area contributed by atoms with Crippen molar-refractivity contribution >= 4 is 0 Å². The normalized spacial score (nSPS) is 10.8. The second kappa shape index (κ2) is 6.88. The predicted molar refractivity (Wildman–Crippen MR) is 104 cm³/mol. The summed E-state index contributed by atoms with van der Waals surface area (Å²) in [6, 6.07) is 22.9. The quantitative estimate of drug-likeness (QED) is 0.506. The van der Waals surface area contributed by atoms with Crippen LogP contribution in [0, 0.1) is 0 Å². The largest absolute Gasteiger partial charge is 0.508 e. The minimum absolute atomic E-state index is 0.205. The van der Waals surface area contributed by atoms with Gasteiger partial charge < -0.3 is 15.3 Å². The smallest absolute Gasteiger partial charge is 0.115 e. The maximum absolute atomic E-state index is 9.74. The Balaban J connectivity index is 1.79. The Labute approximate surface area is 156 Å². The topological polar surface area (TPSA) is 78.5 Å². The fourth-order valence-corrected chi connectivity index (χ4v) is 3.00. The first-order valence-corrected chi connectivity index (χ1v) is 8.53. The Hall–Kier alpha value is -3.73. The van der Waals surface area contributed by atoms with Crippen LogP contribution in [0.2, 0.25) is 0 Å². The van der Waals surface area contributed by atoms with Gasteiger partial charge in [-0.05, 0) is 72.3 Å². The Morgan fingerprint density at radius 2 is 1.30 bits per heavy atom. The molecule has 0 saturated heterocycles. The van der Waals surface area contributed by atoms with Gasteiger partial charge in [0.05, 0.1) is 17.9 Å². The molecule has 0 saturated carbocycles. The van der Waals surface area contributed by atoms with Gasteiger partial charge >= 0.3 is 0 Å². The molecule has 0 fully saturated rings. The lowest BCUT2D eigenvalue weighted by Gasteiger charge is -2.08. The molecule has 5 nitrogen and oxygen atoms in total. The van der Waals surface area contributed by atoms with Crippen molar-refractivity contribution in [3.63, 3.8) is 0 Å². The summed E-state index contributed by atoms with van der Waals surface area (Å²) in [6.07, 6.45) is 0. The number of rotatable bonds is 4. The Kier molecular flexibility index (Phi) is 4.26. The van der Waals surface area contributed by atoms with Gasteiger partial charge in [-0.1, -0.05) is 12.1 Å². The van der Waals surface area contributed by atoms with Crippen LogP contribution in [0.5, 0.6) is 17.2 Å². The first-order valence-electron chi connectivity index (χ1n) is 8.53. The van der Waals surface area contributed by atoms with Crippen LogP contribution < -0.4 is 0 Å². The van der Waals surface area contributed by atoms with E-state index in [1.807, 2.05) is 41.1 Å². The van der Waals surface area contributed by atoms with Crippen LogP contribution in [0.4, 0.5) is 0 Å². The van der Waals surface area contributed by atoms with Gasteiger partial charge in [-0.15, -0.1) is 0 Å². The molecule has 0 bridgehead atoms. The summed E-state index contributed by atoms with van der Waals surface area (Å²) in [4.78, 5) is 0. The number of hydrogen-bond donors (Lipinski definition) is 3. The summed E-state index contributed by atoms with van der Waals surface area (Å²) >= 11 is 0. The summed E-state index contributed by atoms with van der Waals surface area (Å²) in [5.41, 5.74) is 4.41. The Morgan fingerprint density at radius 3 is 1.93 bits per heavy atom. The minimum atomic E-state index is 0.205. The number of nitrogens with zero attached hydrogens (tertiary/aromatic N) is 2. The molecule has 1 aromatic heterocycles. The molecule has 0 amide bonds. The highest BCUT2D eigenvalue weighted by Gasteiger charge is 2.12. The number of hydrogen-bond acceptors (Lipinski definition) is 4. The van der Waals surface area contributed by atoms with Gasteiger partial charge in [-0.25, -0.2) is 0 Å². The van der Waals surface area contributed by atoms with Gasteiger partial charge in [0.15, 0.2) is 0 Å². The molecule has 0 aliphatic carbocycles.